The lowest BCUT2D eigenvalue weighted by Crippen LogP contribution is -2.37. The number of carbonyl (C=O) groups is 2. The van der Waals surface area contributed by atoms with Gasteiger partial charge >= 0.3 is 0 Å². The summed E-state index contributed by atoms with van der Waals surface area (Å²) < 4.78 is 0. The second kappa shape index (κ2) is 9.97. The van der Waals surface area contributed by atoms with E-state index in [0.717, 1.165) is 12.8 Å². The summed E-state index contributed by atoms with van der Waals surface area (Å²) in [6.07, 6.45) is 2.06. The van der Waals surface area contributed by atoms with Crippen molar-refractivity contribution in [1.29, 1.82) is 0 Å². The molecule has 0 aromatic heterocycles. The molecule has 1 fully saturated rings. The number of amides is 2. The second-order valence-corrected chi connectivity index (χ2v) is 6.64. The lowest BCUT2D eigenvalue weighted by molar-refractivity contribution is -0.131. The molecule has 1 aliphatic rings. The molecule has 0 unspecified atom stereocenters. The molecule has 144 valence electrons. The van der Waals surface area contributed by atoms with Crippen molar-refractivity contribution in [2.75, 3.05) is 31.9 Å². The van der Waals surface area contributed by atoms with E-state index < -0.39 is 0 Å². The van der Waals surface area contributed by atoms with Crippen LogP contribution >= 0.6 is 12.4 Å². The molecule has 1 heterocycles. The largest absolute Gasteiger partial charge is 0.399 e. The smallest absolute Gasteiger partial charge is 0.253 e. The molecule has 0 radical (unpaired) electrons. The van der Waals surface area contributed by atoms with Gasteiger partial charge in [0.15, 0.2) is 0 Å². The minimum absolute atomic E-state index is 0. The Hall–Kier alpha value is -2.53. The van der Waals surface area contributed by atoms with Crippen LogP contribution in [0.15, 0.2) is 54.6 Å². The van der Waals surface area contributed by atoms with Gasteiger partial charge in [0.05, 0.1) is 0 Å². The van der Waals surface area contributed by atoms with Crippen LogP contribution in [-0.4, -0.2) is 47.8 Å². The van der Waals surface area contributed by atoms with Gasteiger partial charge in [-0.2, -0.15) is 0 Å². The van der Waals surface area contributed by atoms with Crippen molar-refractivity contribution in [1.82, 2.24) is 9.80 Å². The predicted octanol–water partition coefficient (Wildman–Crippen LogP) is 3.00. The molecule has 27 heavy (non-hydrogen) atoms. The molecule has 0 atom stereocenters. The maximum atomic E-state index is 12.7. The first kappa shape index (κ1) is 20.8. The SMILES string of the molecule is Cl.Nc1cccc(C(=O)N2CCCN(C(=O)CCc3ccccc3)CC2)c1. The average Bonchev–Trinajstić information content (AvgIpc) is 2.92. The van der Waals surface area contributed by atoms with Gasteiger partial charge < -0.3 is 15.5 Å². The van der Waals surface area contributed by atoms with Crippen molar-refractivity contribution in [3.8, 4) is 0 Å². The van der Waals surface area contributed by atoms with E-state index in [1.54, 1.807) is 24.3 Å². The van der Waals surface area contributed by atoms with Crippen LogP contribution in [-0.2, 0) is 11.2 Å². The van der Waals surface area contributed by atoms with E-state index >= 15 is 0 Å². The highest BCUT2D eigenvalue weighted by atomic mass is 35.5. The number of hydrogen-bond donors (Lipinski definition) is 1. The van der Waals surface area contributed by atoms with Crippen molar-refractivity contribution < 1.29 is 9.59 Å². The fraction of sp³-hybridized carbons (Fsp3) is 0.333. The van der Waals surface area contributed by atoms with E-state index in [1.165, 1.54) is 5.56 Å². The Labute approximate surface area is 166 Å². The van der Waals surface area contributed by atoms with Gasteiger partial charge in [0, 0.05) is 43.9 Å². The Kier molecular flexibility index (Phi) is 7.67. The second-order valence-electron chi connectivity index (χ2n) is 6.64. The van der Waals surface area contributed by atoms with Gasteiger partial charge in [-0.15, -0.1) is 12.4 Å². The molecule has 6 heteroatoms. The topological polar surface area (TPSA) is 66.6 Å². The fourth-order valence-electron chi connectivity index (χ4n) is 3.28. The molecule has 0 spiro atoms. The van der Waals surface area contributed by atoms with E-state index in [0.29, 0.717) is 43.9 Å². The molecule has 0 saturated carbocycles. The summed E-state index contributed by atoms with van der Waals surface area (Å²) in [5, 5.41) is 0. The van der Waals surface area contributed by atoms with Crippen molar-refractivity contribution in [3.05, 3.63) is 65.7 Å². The number of nitrogens with zero attached hydrogens (tertiary/aromatic N) is 2. The number of hydrogen-bond acceptors (Lipinski definition) is 3. The molecule has 2 aromatic carbocycles. The number of benzene rings is 2. The molecule has 3 rings (SSSR count). The molecule has 2 amide bonds. The van der Waals surface area contributed by atoms with Crippen molar-refractivity contribution >= 4 is 29.9 Å². The number of halogens is 1. The molecular formula is C21H26ClN3O2. The van der Waals surface area contributed by atoms with Crippen LogP contribution in [0, 0.1) is 0 Å². The zero-order chi connectivity index (χ0) is 18.4. The monoisotopic (exact) mass is 387 g/mol. The van der Waals surface area contributed by atoms with Crippen LogP contribution in [0.4, 0.5) is 5.69 Å². The molecule has 5 nitrogen and oxygen atoms in total. The first-order chi connectivity index (χ1) is 12.6. The summed E-state index contributed by atoms with van der Waals surface area (Å²) in [7, 11) is 0. The fourth-order valence-corrected chi connectivity index (χ4v) is 3.28. The highest BCUT2D eigenvalue weighted by Crippen LogP contribution is 2.13. The first-order valence-corrected chi connectivity index (χ1v) is 9.10. The summed E-state index contributed by atoms with van der Waals surface area (Å²) in [6, 6.07) is 17.1. The maximum absolute atomic E-state index is 12.7. The standard InChI is InChI=1S/C21H25N3O2.ClH/c22-19-9-4-8-18(16-19)21(26)24-13-5-12-23(14-15-24)20(25)11-10-17-6-2-1-3-7-17;/h1-4,6-9,16H,5,10-15,22H2;1H. The number of nitrogens with two attached hydrogens (primary N) is 1. The van der Waals surface area contributed by atoms with Crippen molar-refractivity contribution in [2.45, 2.75) is 19.3 Å². The Balaban J connectivity index is 0.00000261. The van der Waals surface area contributed by atoms with E-state index in [2.05, 4.69) is 0 Å². The number of carbonyl (C=O) groups excluding carboxylic acids is 2. The molecular weight excluding hydrogens is 362 g/mol. The van der Waals surface area contributed by atoms with Gasteiger partial charge in [-0.3, -0.25) is 9.59 Å². The molecule has 2 N–H and O–H groups in total. The summed E-state index contributed by atoms with van der Waals surface area (Å²) in [5.74, 6) is 0.142. The molecule has 1 aliphatic heterocycles. The van der Waals surface area contributed by atoms with Crippen LogP contribution in [0.5, 0.6) is 0 Å². The number of rotatable bonds is 4. The Morgan fingerprint density at radius 3 is 2.33 bits per heavy atom. The average molecular weight is 388 g/mol. The Bertz CT molecular complexity index is 767. The van der Waals surface area contributed by atoms with E-state index in [-0.39, 0.29) is 24.2 Å². The first-order valence-electron chi connectivity index (χ1n) is 9.10. The highest BCUT2D eigenvalue weighted by Gasteiger charge is 2.22. The van der Waals surface area contributed by atoms with E-state index in [4.69, 9.17) is 5.73 Å². The highest BCUT2D eigenvalue weighted by molar-refractivity contribution is 5.95. The van der Waals surface area contributed by atoms with Gasteiger partial charge in [-0.25, -0.2) is 0 Å². The summed E-state index contributed by atoms with van der Waals surface area (Å²) in [5.41, 5.74) is 8.14. The van der Waals surface area contributed by atoms with E-state index in [9.17, 15) is 9.59 Å². The van der Waals surface area contributed by atoms with Crippen molar-refractivity contribution in [3.63, 3.8) is 0 Å². The van der Waals surface area contributed by atoms with Gasteiger partial charge in [0.25, 0.3) is 5.91 Å². The van der Waals surface area contributed by atoms with Gasteiger partial charge in [-0.05, 0) is 36.6 Å². The Morgan fingerprint density at radius 1 is 0.889 bits per heavy atom. The molecule has 1 saturated heterocycles. The minimum atomic E-state index is -0.0177. The van der Waals surface area contributed by atoms with Gasteiger partial charge in [0.2, 0.25) is 5.91 Å². The predicted molar refractivity (Wildman–Crippen MR) is 110 cm³/mol. The van der Waals surface area contributed by atoms with Crippen LogP contribution in [0.2, 0.25) is 0 Å². The summed E-state index contributed by atoms with van der Waals surface area (Å²) in [6.45, 7) is 2.51. The minimum Gasteiger partial charge on any atom is -0.399 e. The van der Waals surface area contributed by atoms with Gasteiger partial charge in [-0.1, -0.05) is 36.4 Å². The summed E-state index contributed by atoms with van der Waals surface area (Å²) in [4.78, 5) is 28.9. The summed E-state index contributed by atoms with van der Waals surface area (Å²) >= 11 is 0. The van der Waals surface area contributed by atoms with Crippen LogP contribution in [0.3, 0.4) is 0 Å². The van der Waals surface area contributed by atoms with Crippen molar-refractivity contribution in [2.24, 2.45) is 0 Å². The lowest BCUT2D eigenvalue weighted by Gasteiger charge is -2.22. The molecule has 2 aromatic rings. The Morgan fingerprint density at radius 2 is 1.59 bits per heavy atom. The van der Waals surface area contributed by atoms with Crippen LogP contribution < -0.4 is 5.73 Å². The number of aryl methyl sites for hydroxylation is 1. The van der Waals surface area contributed by atoms with Gasteiger partial charge in [0.1, 0.15) is 0 Å². The molecule has 0 bridgehead atoms. The number of nitrogen functional groups attached to an aromatic ring is 1. The third-order valence-corrected chi connectivity index (χ3v) is 4.74. The third-order valence-electron chi connectivity index (χ3n) is 4.74. The van der Waals surface area contributed by atoms with E-state index in [1.807, 2.05) is 40.1 Å². The van der Waals surface area contributed by atoms with Crippen LogP contribution in [0.25, 0.3) is 0 Å². The zero-order valence-corrected chi connectivity index (χ0v) is 16.2. The molecule has 0 aliphatic carbocycles. The van der Waals surface area contributed by atoms with Crippen LogP contribution in [0.1, 0.15) is 28.8 Å². The maximum Gasteiger partial charge on any atom is 0.253 e. The number of anilines is 1. The normalized spacial score (nSPS) is 14.2. The quantitative estimate of drug-likeness (QED) is 0.820. The lowest BCUT2D eigenvalue weighted by atomic mass is 10.1. The zero-order valence-electron chi connectivity index (χ0n) is 15.3. The third kappa shape index (κ3) is 5.73.